The highest BCUT2D eigenvalue weighted by Gasteiger charge is 2.34. The Hall–Kier alpha value is -5.06. The third-order valence-electron chi connectivity index (χ3n) is 4.93. The molecule has 1 N–H and O–H groups in total. The second-order valence-electron chi connectivity index (χ2n) is 7.17. The average molecular weight is 460 g/mol. The van der Waals surface area contributed by atoms with Crippen molar-refractivity contribution in [1.29, 1.82) is 0 Å². The summed E-state index contributed by atoms with van der Waals surface area (Å²) in [4.78, 5) is 46.5. The molecule has 1 aliphatic heterocycles. The second kappa shape index (κ2) is 9.20. The number of hydrazine groups is 1. The standard InChI is InChI=1S/C23H16N4O7/c28-22-20(23(29)25(24-22)17-6-2-1-3-7-17)13-16-12-19(27(32)33)9-10-21(16)34-14-15-5-4-8-18(11-15)26(30)31/h1-13H,14H2,(H,24,28). The van der Waals surface area contributed by atoms with Crippen LogP contribution >= 0.6 is 0 Å². The molecule has 11 nitrogen and oxygen atoms in total. The Labute approximate surface area is 192 Å². The van der Waals surface area contributed by atoms with Gasteiger partial charge in [-0.1, -0.05) is 30.3 Å². The first kappa shape index (κ1) is 22.1. The lowest BCUT2D eigenvalue weighted by molar-refractivity contribution is -0.385. The van der Waals surface area contributed by atoms with E-state index in [0.717, 1.165) is 5.01 Å². The number of nitrogens with one attached hydrogen (secondary N) is 1. The minimum Gasteiger partial charge on any atom is -0.488 e. The minimum atomic E-state index is -0.676. The van der Waals surface area contributed by atoms with E-state index in [2.05, 4.69) is 5.43 Å². The summed E-state index contributed by atoms with van der Waals surface area (Å²) in [5, 5.41) is 23.3. The first-order valence-corrected chi connectivity index (χ1v) is 9.90. The summed E-state index contributed by atoms with van der Waals surface area (Å²) in [6, 6.07) is 18.0. The second-order valence-corrected chi connectivity index (χ2v) is 7.17. The number of hydrogen-bond acceptors (Lipinski definition) is 7. The molecule has 3 aromatic carbocycles. The zero-order valence-corrected chi connectivity index (χ0v) is 17.4. The maximum absolute atomic E-state index is 12.9. The van der Waals surface area contributed by atoms with E-state index in [9.17, 15) is 29.8 Å². The number of benzene rings is 3. The number of non-ortho nitro benzene ring substituents is 2. The van der Waals surface area contributed by atoms with Gasteiger partial charge in [-0.2, -0.15) is 0 Å². The number of carbonyl (C=O) groups is 2. The number of nitro groups is 2. The van der Waals surface area contributed by atoms with Gasteiger partial charge < -0.3 is 4.74 Å². The Morgan fingerprint density at radius 1 is 0.882 bits per heavy atom. The molecule has 0 atom stereocenters. The molecule has 170 valence electrons. The number of ether oxygens (including phenoxy) is 1. The van der Waals surface area contributed by atoms with E-state index in [0.29, 0.717) is 11.3 Å². The Morgan fingerprint density at radius 3 is 2.29 bits per heavy atom. The quantitative estimate of drug-likeness (QED) is 0.246. The van der Waals surface area contributed by atoms with Gasteiger partial charge in [0.1, 0.15) is 17.9 Å². The molecular weight excluding hydrogens is 444 g/mol. The topological polar surface area (TPSA) is 145 Å². The van der Waals surface area contributed by atoms with E-state index in [-0.39, 0.29) is 34.9 Å². The lowest BCUT2D eigenvalue weighted by atomic mass is 10.1. The third kappa shape index (κ3) is 4.58. The molecule has 11 heteroatoms. The molecule has 0 radical (unpaired) electrons. The minimum absolute atomic E-state index is 0.0774. The molecule has 0 spiro atoms. The van der Waals surface area contributed by atoms with Crippen molar-refractivity contribution in [1.82, 2.24) is 5.43 Å². The number of nitro benzene ring substituents is 2. The molecular formula is C23H16N4O7. The van der Waals surface area contributed by atoms with Crippen molar-refractivity contribution in [3.8, 4) is 5.75 Å². The molecule has 1 aliphatic rings. The van der Waals surface area contributed by atoms with Crippen LogP contribution in [0.3, 0.4) is 0 Å². The van der Waals surface area contributed by atoms with Gasteiger partial charge in [0.2, 0.25) is 0 Å². The maximum atomic E-state index is 12.9. The molecule has 1 heterocycles. The van der Waals surface area contributed by atoms with Crippen molar-refractivity contribution < 1.29 is 24.2 Å². The predicted molar refractivity (Wildman–Crippen MR) is 121 cm³/mol. The summed E-state index contributed by atoms with van der Waals surface area (Å²) in [6.45, 7) is -0.0774. The zero-order chi connectivity index (χ0) is 24.2. The number of amides is 2. The van der Waals surface area contributed by atoms with Crippen LogP contribution in [0.15, 0.2) is 78.4 Å². The molecule has 4 rings (SSSR count). The van der Waals surface area contributed by atoms with Crippen LogP contribution in [0.1, 0.15) is 11.1 Å². The zero-order valence-electron chi connectivity index (χ0n) is 17.4. The average Bonchev–Trinajstić information content (AvgIpc) is 3.12. The highest BCUT2D eigenvalue weighted by Crippen LogP contribution is 2.29. The summed E-state index contributed by atoms with van der Waals surface area (Å²) in [5.74, 6) is -1.15. The maximum Gasteiger partial charge on any atom is 0.282 e. The smallest absolute Gasteiger partial charge is 0.282 e. The number of carbonyl (C=O) groups excluding carboxylic acids is 2. The van der Waals surface area contributed by atoms with E-state index < -0.39 is 21.7 Å². The summed E-state index contributed by atoms with van der Waals surface area (Å²) in [5.41, 5.74) is 2.93. The summed E-state index contributed by atoms with van der Waals surface area (Å²) < 4.78 is 5.74. The SMILES string of the molecule is O=C1NN(c2ccccc2)C(=O)C1=Cc1cc([N+](=O)[O-])ccc1OCc1cccc([N+](=O)[O-])c1. The van der Waals surface area contributed by atoms with Crippen molar-refractivity contribution in [2.75, 3.05) is 5.01 Å². The Balaban J connectivity index is 1.66. The van der Waals surface area contributed by atoms with Gasteiger partial charge in [0.25, 0.3) is 23.2 Å². The van der Waals surface area contributed by atoms with Crippen molar-refractivity contribution in [3.05, 3.63) is 110 Å². The largest absolute Gasteiger partial charge is 0.488 e. The third-order valence-corrected chi connectivity index (χ3v) is 4.93. The molecule has 0 aliphatic carbocycles. The first-order chi connectivity index (χ1) is 16.3. The molecule has 0 unspecified atom stereocenters. The van der Waals surface area contributed by atoms with Crippen LogP contribution in [-0.2, 0) is 16.2 Å². The fourth-order valence-electron chi connectivity index (χ4n) is 3.29. The fourth-order valence-corrected chi connectivity index (χ4v) is 3.29. The van der Waals surface area contributed by atoms with Gasteiger partial charge >= 0.3 is 0 Å². The van der Waals surface area contributed by atoms with Crippen LogP contribution in [-0.4, -0.2) is 21.7 Å². The number of rotatable bonds is 7. The fraction of sp³-hybridized carbons (Fsp3) is 0.0435. The lowest BCUT2D eigenvalue weighted by Crippen LogP contribution is -2.35. The van der Waals surface area contributed by atoms with Crippen LogP contribution < -0.4 is 15.2 Å². The van der Waals surface area contributed by atoms with Crippen molar-refractivity contribution >= 4 is 35.0 Å². The normalized spacial score (nSPS) is 14.2. The van der Waals surface area contributed by atoms with Gasteiger partial charge in [-0.05, 0) is 29.8 Å². The number of para-hydroxylation sites is 1. The molecule has 0 bridgehead atoms. The highest BCUT2D eigenvalue weighted by atomic mass is 16.6. The molecule has 2 amide bonds. The summed E-state index contributed by atoms with van der Waals surface area (Å²) >= 11 is 0. The monoisotopic (exact) mass is 460 g/mol. The Bertz CT molecular complexity index is 1340. The summed E-state index contributed by atoms with van der Waals surface area (Å²) in [7, 11) is 0. The van der Waals surface area contributed by atoms with Gasteiger partial charge in [-0.15, -0.1) is 0 Å². The number of hydrogen-bond donors (Lipinski definition) is 1. The molecule has 1 saturated heterocycles. The molecule has 3 aromatic rings. The van der Waals surface area contributed by atoms with Crippen LogP contribution in [0.4, 0.5) is 17.1 Å². The van der Waals surface area contributed by atoms with Gasteiger partial charge in [0, 0.05) is 29.8 Å². The molecule has 34 heavy (non-hydrogen) atoms. The van der Waals surface area contributed by atoms with Crippen LogP contribution in [0.5, 0.6) is 5.75 Å². The van der Waals surface area contributed by atoms with Crippen molar-refractivity contribution in [2.45, 2.75) is 6.61 Å². The van der Waals surface area contributed by atoms with Crippen molar-refractivity contribution in [3.63, 3.8) is 0 Å². The first-order valence-electron chi connectivity index (χ1n) is 9.90. The van der Waals surface area contributed by atoms with E-state index in [1.807, 2.05) is 0 Å². The van der Waals surface area contributed by atoms with Crippen LogP contribution in [0.25, 0.3) is 6.08 Å². The van der Waals surface area contributed by atoms with Gasteiger partial charge in [0.05, 0.1) is 15.5 Å². The van der Waals surface area contributed by atoms with Crippen LogP contribution in [0, 0.1) is 20.2 Å². The molecule has 0 saturated carbocycles. The number of nitrogens with zero attached hydrogens (tertiary/aromatic N) is 3. The molecule has 1 fully saturated rings. The Kier molecular flexibility index (Phi) is 5.99. The van der Waals surface area contributed by atoms with E-state index in [1.54, 1.807) is 36.4 Å². The highest BCUT2D eigenvalue weighted by molar-refractivity contribution is 6.31. The predicted octanol–water partition coefficient (Wildman–Crippen LogP) is 3.54. The van der Waals surface area contributed by atoms with Gasteiger partial charge in [0.15, 0.2) is 0 Å². The van der Waals surface area contributed by atoms with Gasteiger partial charge in [-0.3, -0.25) is 35.2 Å². The van der Waals surface area contributed by atoms with Crippen LogP contribution in [0.2, 0.25) is 0 Å². The molecule has 0 aromatic heterocycles. The number of anilines is 1. The summed E-state index contributed by atoms with van der Waals surface area (Å²) in [6.07, 6.45) is 1.22. The van der Waals surface area contributed by atoms with Crippen molar-refractivity contribution in [2.24, 2.45) is 0 Å². The Morgan fingerprint density at radius 2 is 1.59 bits per heavy atom. The van der Waals surface area contributed by atoms with Gasteiger partial charge in [-0.25, -0.2) is 5.01 Å². The van der Waals surface area contributed by atoms with E-state index in [1.165, 1.54) is 42.5 Å². The van der Waals surface area contributed by atoms with E-state index >= 15 is 0 Å². The lowest BCUT2D eigenvalue weighted by Gasteiger charge is -2.14. The van der Waals surface area contributed by atoms with E-state index in [4.69, 9.17) is 4.74 Å².